The molecule has 0 unspecified atom stereocenters. The number of thiophene rings is 2. The molecule has 1 aromatic carbocycles. The molecule has 0 N–H and O–H groups in total. The summed E-state index contributed by atoms with van der Waals surface area (Å²) in [5.41, 5.74) is 1.96. The largest absolute Gasteiger partial charge is 0.294 e. The third-order valence-electron chi connectivity index (χ3n) is 2.73. The van der Waals surface area contributed by atoms with Crippen LogP contribution in [0.25, 0.3) is 10.1 Å². The van der Waals surface area contributed by atoms with Gasteiger partial charge in [0.15, 0.2) is 5.78 Å². The number of hydrogen-bond donors (Lipinski definition) is 0. The van der Waals surface area contributed by atoms with Crippen molar-refractivity contribution >= 4 is 38.5 Å². The molecule has 0 radical (unpaired) electrons. The predicted molar refractivity (Wildman–Crippen MR) is 74.2 cm³/mol. The van der Waals surface area contributed by atoms with E-state index < -0.39 is 0 Å². The van der Waals surface area contributed by atoms with Crippen LogP contribution >= 0.6 is 22.7 Å². The molecule has 0 aliphatic heterocycles. The highest BCUT2D eigenvalue weighted by molar-refractivity contribution is 7.17. The quantitative estimate of drug-likeness (QED) is 0.637. The Morgan fingerprint density at radius 3 is 2.82 bits per heavy atom. The molecule has 0 saturated heterocycles. The summed E-state index contributed by atoms with van der Waals surface area (Å²) in [4.78, 5) is 12.2. The maximum Gasteiger partial charge on any atom is 0.168 e. The molecule has 1 nitrogen and oxygen atoms in total. The van der Waals surface area contributed by atoms with Crippen molar-refractivity contribution < 1.29 is 4.79 Å². The first-order chi connectivity index (χ1) is 8.34. The van der Waals surface area contributed by atoms with Gasteiger partial charge in [-0.05, 0) is 28.5 Å². The van der Waals surface area contributed by atoms with Crippen molar-refractivity contribution in [2.45, 2.75) is 6.42 Å². The molecule has 3 heteroatoms. The summed E-state index contributed by atoms with van der Waals surface area (Å²) >= 11 is 3.27. The predicted octanol–water partition coefficient (Wildman–Crippen LogP) is 4.39. The second-order valence-electron chi connectivity index (χ2n) is 3.88. The molecule has 0 spiro atoms. The van der Waals surface area contributed by atoms with Crippen LogP contribution < -0.4 is 0 Å². The Labute approximate surface area is 107 Å². The number of ketones is 1. The van der Waals surface area contributed by atoms with Crippen LogP contribution in [0.5, 0.6) is 0 Å². The minimum atomic E-state index is 0.209. The van der Waals surface area contributed by atoms with Gasteiger partial charge in [0.1, 0.15) is 0 Å². The van der Waals surface area contributed by atoms with Crippen molar-refractivity contribution in [3.8, 4) is 0 Å². The van der Waals surface area contributed by atoms with Crippen LogP contribution in [0.15, 0.2) is 46.5 Å². The summed E-state index contributed by atoms with van der Waals surface area (Å²) in [6.45, 7) is 0. The monoisotopic (exact) mass is 258 g/mol. The fourth-order valence-electron chi connectivity index (χ4n) is 1.87. The maximum absolute atomic E-state index is 12.2. The van der Waals surface area contributed by atoms with Gasteiger partial charge in [-0.3, -0.25) is 4.79 Å². The molecule has 0 fully saturated rings. The highest BCUT2D eigenvalue weighted by atomic mass is 32.1. The van der Waals surface area contributed by atoms with Gasteiger partial charge in [0.2, 0.25) is 0 Å². The lowest BCUT2D eigenvalue weighted by Crippen LogP contribution is -2.01. The van der Waals surface area contributed by atoms with E-state index in [4.69, 9.17) is 0 Å². The average Bonchev–Trinajstić information content (AvgIpc) is 2.96. The lowest BCUT2D eigenvalue weighted by molar-refractivity contribution is 0.0995. The number of rotatable bonds is 3. The third kappa shape index (κ3) is 2.04. The Morgan fingerprint density at radius 2 is 2.00 bits per heavy atom. The van der Waals surface area contributed by atoms with Crippen molar-refractivity contribution in [1.29, 1.82) is 0 Å². The molecule has 0 bridgehead atoms. The van der Waals surface area contributed by atoms with Crippen LogP contribution in [0, 0.1) is 0 Å². The molecule has 3 rings (SSSR count). The van der Waals surface area contributed by atoms with Crippen molar-refractivity contribution in [3.05, 3.63) is 57.6 Å². The molecule has 3 aromatic rings. The molecule has 0 aliphatic rings. The van der Waals surface area contributed by atoms with E-state index >= 15 is 0 Å². The number of carbonyl (C=O) groups excluding carboxylic acids is 1. The zero-order valence-electron chi connectivity index (χ0n) is 9.05. The van der Waals surface area contributed by atoms with Crippen LogP contribution in [0.4, 0.5) is 0 Å². The van der Waals surface area contributed by atoms with Gasteiger partial charge in [-0.25, -0.2) is 0 Å². The first kappa shape index (κ1) is 10.7. The average molecular weight is 258 g/mol. The summed E-state index contributed by atoms with van der Waals surface area (Å²) in [6, 6.07) is 10.1. The fraction of sp³-hybridized carbons (Fsp3) is 0.0714. The van der Waals surface area contributed by atoms with E-state index in [-0.39, 0.29) is 5.78 Å². The van der Waals surface area contributed by atoms with Crippen LogP contribution in [-0.2, 0) is 6.42 Å². The van der Waals surface area contributed by atoms with E-state index in [2.05, 4.69) is 6.07 Å². The van der Waals surface area contributed by atoms with E-state index in [1.54, 1.807) is 22.7 Å². The maximum atomic E-state index is 12.2. The molecular weight excluding hydrogens is 248 g/mol. The van der Waals surface area contributed by atoms with Gasteiger partial charge in [0.05, 0.1) is 0 Å². The Balaban J connectivity index is 1.96. The Bertz CT molecular complexity index is 650. The normalized spacial score (nSPS) is 10.8. The van der Waals surface area contributed by atoms with E-state index in [0.717, 1.165) is 16.5 Å². The summed E-state index contributed by atoms with van der Waals surface area (Å²) in [6.07, 6.45) is 0.504. The number of fused-ring (bicyclic) bond motifs is 1. The summed E-state index contributed by atoms with van der Waals surface area (Å²) in [5.74, 6) is 0.209. The zero-order chi connectivity index (χ0) is 11.7. The van der Waals surface area contributed by atoms with Crippen LogP contribution in [0.3, 0.4) is 0 Å². The number of hydrogen-bond acceptors (Lipinski definition) is 3. The minimum Gasteiger partial charge on any atom is -0.294 e. The summed E-state index contributed by atoms with van der Waals surface area (Å²) in [7, 11) is 0. The summed E-state index contributed by atoms with van der Waals surface area (Å²) in [5, 5.41) is 7.10. The standard InChI is InChI=1S/C14H10OS2/c15-13(7-10-5-6-16-8-10)12-9-17-14-4-2-1-3-11(12)14/h1-6,8-9H,7H2. The fourth-order valence-corrected chi connectivity index (χ4v) is 3.50. The molecular formula is C14H10OS2. The van der Waals surface area contributed by atoms with Crippen molar-refractivity contribution in [2.24, 2.45) is 0 Å². The highest BCUT2D eigenvalue weighted by Crippen LogP contribution is 2.26. The first-order valence-electron chi connectivity index (χ1n) is 5.35. The van der Waals surface area contributed by atoms with Crippen LogP contribution in [0.1, 0.15) is 15.9 Å². The van der Waals surface area contributed by atoms with Gasteiger partial charge >= 0.3 is 0 Å². The molecule has 0 aliphatic carbocycles. The number of benzene rings is 1. The van der Waals surface area contributed by atoms with Crippen molar-refractivity contribution in [3.63, 3.8) is 0 Å². The minimum absolute atomic E-state index is 0.209. The highest BCUT2D eigenvalue weighted by Gasteiger charge is 2.12. The Hall–Kier alpha value is -1.45. The first-order valence-corrected chi connectivity index (χ1v) is 7.17. The van der Waals surface area contributed by atoms with Gasteiger partial charge in [-0.15, -0.1) is 11.3 Å². The molecule has 0 atom stereocenters. The SMILES string of the molecule is O=C(Cc1ccsc1)c1csc2ccccc12. The van der Waals surface area contributed by atoms with E-state index in [1.807, 2.05) is 40.4 Å². The molecule has 84 valence electrons. The Morgan fingerprint density at radius 1 is 1.12 bits per heavy atom. The molecule has 17 heavy (non-hydrogen) atoms. The smallest absolute Gasteiger partial charge is 0.168 e. The van der Waals surface area contributed by atoms with Gasteiger partial charge in [-0.2, -0.15) is 11.3 Å². The lowest BCUT2D eigenvalue weighted by Gasteiger charge is -1.97. The lowest BCUT2D eigenvalue weighted by atomic mass is 10.0. The van der Waals surface area contributed by atoms with Gasteiger partial charge in [0, 0.05) is 27.5 Å². The zero-order valence-corrected chi connectivity index (χ0v) is 10.7. The molecule has 2 aromatic heterocycles. The number of carbonyl (C=O) groups is 1. The molecule has 2 heterocycles. The van der Waals surface area contributed by atoms with Crippen molar-refractivity contribution in [2.75, 3.05) is 0 Å². The second-order valence-corrected chi connectivity index (χ2v) is 5.57. The van der Waals surface area contributed by atoms with Crippen LogP contribution in [0.2, 0.25) is 0 Å². The van der Waals surface area contributed by atoms with Gasteiger partial charge < -0.3 is 0 Å². The van der Waals surface area contributed by atoms with Crippen molar-refractivity contribution in [1.82, 2.24) is 0 Å². The van der Waals surface area contributed by atoms with E-state index in [1.165, 1.54) is 4.70 Å². The van der Waals surface area contributed by atoms with E-state index in [0.29, 0.717) is 6.42 Å². The molecule has 0 amide bonds. The summed E-state index contributed by atoms with van der Waals surface area (Å²) < 4.78 is 1.18. The van der Waals surface area contributed by atoms with E-state index in [9.17, 15) is 4.79 Å². The van der Waals surface area contributed by atoms with Gasteiger partial charge in [0.25, 0.3) is 0 Å². The molecule has 0 saturated carbocycles. The van der Waals surface area contributed by atoms with Gasteiger partial charge in [-0.1, -0.05) is 18.2 Å². The Kier molecular flexibility index (Phi) is 2.79. The third-order valence-corrected chi connectivity index (χ3v) is 4.42. The topological polar surface area (TPSA) is 17.1 Å². The second kappa shape index (κ2) is 4.43. The number of Topliss-reactive ketones (excluding diaryl/α,β-unsaturated/α-hetero) is 1. The van der Waals surface area contributed by atoms with Crippen LogP contribution in [-0.4, -0.2) is 5.78 Å².